The van der Waals surface area contributed by atoms with Crippen molar-refractivity contribution in [2.45, 2.75) is 30.7 Å². The molecule has 2 saturated heterocycles. The molecule has 0 bridgehead atoms. The number of anilines is 1. The maximum Gasteiger partial charge on any atom is 0.352 e. The molecule has 250 valence electrons. The fraction of sp³-hybridized carbons (Fsp3) is 0.379. The summed E-state index contributed by atoms with van der Waals surface area (Å²) in [5, 5.41) is 45.0. The first-order chi connectivity index (χ1) is 22.3. The van der Waals surface area contributed by atoms with Crippen LogP contribution >= 0.6 is 34.7 Å². The van der Waals surface area contributed by atoms with Crippen LogP contribution in [0.2, 0.25) is 5.02 Å². The van der Waals surface area contributed by atoms with E-state index in [0.717, 1.165) is 43.3 Å². The zero-order chi connectivity index (χ0) is 34.0. The summed E-state index contributed by atoms with van der Waals surface area (Å²) in [7, 11) is 0. The smallest absolute Gasteiger partial charge is 0.352 e. The summed E-state index contributed by atoms with van der Waals surface area (Å²) in [4.78, 5) is 68.3. The number of amides is 3. The van der Waals surface area contributed by atoms with Crippen molar-refractivity contribution in [2.24, 2.45) is 0 Å². The number of rotatable bonds is 12. The summed E-state index contributed by atoms with van der Waals surface area (Å²) in [6.45, 7) is 2.51. The number of carbonyl (C=O) groups is 5. The molecule has 0 aliphatic carbocycles. The van der Waals surface area contributed by atoms with E-state index in [1.165, 1.54) is 34.2 Å². The Bertz CT molecular complexity index is 1700. The molecule has 0 unspecified atom stereocenters. The number of quaternary nitrogens is 1. The molecule has 4 heterocycles. The van der Waals surface area contributed by atoms with Crippen molar-refractivity contribution in [1.82, 2.24) is 20.5 Å². The van der Waals surface area contributed by atoms with Gasteiger partial charge in [0.1, 0.15) is 23.7 Å². The van der Waals surface area contributed by atoms with E-state index in [4.69, 9.17) is 22.4 Å². The molecule has 1 aromatic heterocycles. The van der Waals surface area contributed by atoms with E-state index in [0.29, 0.717) is 28.9 Å². The number of nitrogens with two attached hydrogens (primary N) is 1. The van der Waals surface area contributed by atoms with E-state index in [1.54, 1.807) is 0 Å². The summed E-state index contributed by atoms with van der Waals surface area (Å²) < 4.78 is 0.489. The van der Waals surface area contributed by atoms with Crippen molar-refractivity contribution >= 4 is 75.1 Å². The number of nitrogens with one attached hydrogen (secondary N) is 2. The average Bonchev–Trinajstić information content (AvgIpc) is 3.67. The number of thiazole rings is 1. The number of aliphatic carboxylic acids is 2. The second-order valence-corrected chi connectivity index (χ2v) is 13.7. The van der Waals surface area contributed by atoms with E-state index < -0.39 is 59.0 Å². The third kappa shape index (κ3) is 7.02. The number of nitrogen functional groups attached to an aromatic ring is 1. The summed E-state index contributed by atoms with van der Waals surface area (Å²) in [5.74, 6) is -5.05. The van der Waals surface area contributed by atoms with Crippen molar-refractivity contribution in [3.8, 4) is 11.5 Å². The van der Waals surface area contributed by atoms with Gasteiger partial charge in [-0.1, -0.05) is 17.7 Å². The Kier molecular flexibility index (Phi) is 10.00. The highest BCUT2D eigenvalue weighted by atomic mass is 35.5. The molecule has 47 heavy (non-hydrogen) atoms. The van der Waals surface area contributed by atoms with Crippen LogP contribution in [0.3, 0.4) is 0 Å². The molecule has 18 heteroatoms. The summed E-state index contributed by atoms with van der Waals surface area (Å²) in [6.07, 6.45) is 2.52. The van der Waals surface area contributed by atoms with Gasteiger partial charge in [-0.05, 0) is 12.1 Å². The lowest BCUT2D eigenvalue weighted by Crippen LogP contribution is -2.71. The second kappa shape index (κ2) is 13.8. The Hall–Kier alpha value is -4.32. The van der Waals surface area contributed by atoms with Crippen LogP contribution in [0.15, 0.2) is 34.9 Å². The van der Waals surface area contributed by atoms with Crippen LogP contribution in [-0.4, -0.2) is 114 Å². The number of carboxylic acids is 2. The second-order valence-electron chi connectivity index (χ2n) is 11.3. The Labute approximate surface area is 281 Å². The van der Waals surface area contributed by atoms with Gasteiger partial charge in [-0.15, -0.1) is 23.1 Å². The molecule has 1 aromatic carbocycles. The molecule has 2 aromatic rings. The summed E-state index contributed by atoms with van der Waals surface area (Å²) in [6, 6.07) is 1.43. The lowest BCUT2D eigenvalue weighted by atomic mass is 10.0. The monoisotopic (exact) mass is 707 g/mol. The number of likely N-dealkylation sites (tertiary alicyclic amines) is 1. The third-order valence-electron chi connectivity index (χ3n) is 8.31. The molecule has 2 atom stereocenters. The Morgan fingerprint density at radius 2 is 1.89 bits per heavy atom. The van der Waals surface area contributed by atoms with Crippen molar-refractivity contribution in [3.05, 3.63) is 51.1 Å². The Balaban J connectivity index is 1.28. The van der Waals surface area contributed by atoms with Gasteiger partial charge in [0.05, 0.1) is 54.5 Å². The number of nitrogens with zero attached hydrogens (tertiary/aromatic N) is 3. The molecule has 2 fully saturated rings. The third-order valence-corrected chi connectivity index (χ3v) is 10.7. The maximum atomic E-state index is 13.3. The summed E-state index contributed by atoms with van der Waals surface area (Å²) in [5.41, 5.74) is 6.24. The number of phenols is 2. The first-order valence-electron chi connectivity index (χ1n) is 14.5. The fourth-order valence-corrected chi connectivity index (χ4v) is 8.19. The van der Waals surface area contributed by atoms with Crippen LogP contribution in [0.5, 0.6) is 11.5 Å². The van der Waals surface area contributed by atoms with Gasteiger partial charge in [-0.2, -0.15) is 0 Å². The number of aromatic hydroxyl groups is 2. The highest BCUT2D eigenvalue weighted by Crippen LogP contribution is 2.42. The number of carbonyl (C=O) groups excluding carboxylic acids is 3. The van der Waals surface area contributed by atoms with E-state index in [9.17, 15) is 39.3 Å². The van der Waals surface area contributed by atoms with Crippen LogP contribution in [0.25, 0.3) is 5.57 Å². The molecule has 0 radical (unpaired) electrons. The number of β-lactam (4-membered cyclic amide) rings is 1. The first-order valence-corrected chi connectivity index (χ1v) is 16.8. The van der Waals surface area contributed by atoms with E-state index in [1.807, 2.05) is 0 Å². The van der Waals surface area contributed by atoms with Crippen LogP contribution < -0.4 is 16.4 Å². The molecule has 8 N–H and O–H groups in total. The number of benzene rings is 1. The number of halogens is 1. The molecule has 0 spiro atoms. The molecule has 3 amide bonds. The summed E-state index contributed by atoms with van der Waals surface area (Å²) >= 11 is 8.42. The van der Waals surface area contributed by atoms with Crippen molar-refractivity contribution < 1.29 is 48.9 Å². The number of phenolic OH excluding ortho intramolecular Hbond substituents is 2. The molecule has 15 nitrogen and oxygen atoms in total. The number of aromatic nitrogens is 1. The topological polar surface area (TPSA) is 232 Å². The molecular weight excluding hydrogens is 676 g/mol. The predicted octanol–water partition coefficient (Wildman–Crippen LogP) is 1.43. The van der Waals surface area contributed by atoms with Gasteiger partial charge >= 0.3 is 11.9 Å². The van der Waals surface area contributed by atoms with Crippen LogP contribution in [0, 0.1) is 0 Å². The predicted molar refractivity (Wildman–Crippen MR) is 173 cm³/mol. The maximum absolute atomic E-state index is 13.3. The van der Waals surface area contributed by atoms with Crippen molar-refractivity contribution in [3.63, 3.8) is 0 Å². The highest BCUT2D eigenvalue weighted by Gasteiger charge is 2.55. The van der Waals surface area contributed by atoms with Gasteiger partial charge in [0, 0.05) is 29.5 Å². The number of carboxylic acid groups (broad SMARTS) is 2. The van der Waals surface area contributed by atoms with E-state index in [-0.39, 0.29) is 39.2 Å². The molecule has 5 rings (SSSR count). The van der Waals surface area contributed by atoms with Gasteiger partial charge in [0.2, 0.25) is 0 Å². The molecular formula is C29H32ClN6O9S2+. The zero-order valence-corrected chi connectivity index (χ0v) is 27.2. The number of fused-ring (bicyclic) bond motifs is 1. The zero-order valence-electron chi connectivity index (χ0n) is 24.8. The van der Waals surface area contributed by atoms with E-state index in [2.05, 4.69) is 15.6 Å². The first kappa shape index (κ1) is 34.0. The van der Waals surface area contributed by atoms with E-state index >= 15 is 0 Å². The minimum absolute atomic E-state index is 0.00122. The quantitative estimate of drug-likeness (QED) is 0.0719. The van der Waals surface area contributed by atoms with Gasteiger partial charge in [0.15, 0.2) is 16.6 Å². The highest BCUT2D eigenvalue weighted by molar-refractivity contribution is 8.00. The normalized spacial score (nSPS) is 20.4. The van der Waals surface area contributed by atoms with Crippen molar-refractivity contribution in [1.29, 1.82) is 0 Å². The Morgan fingerprint density at radius 1 is 1.17 bits per heavy atom. The largest absolute Gasteiger partial charge is 0.504 e. The lowest BCUT2D eigenvalue weighted by Gasteiger charge is -2.50. The minimum Gasteiger partial charge on any atom is -0.504 e. The number of thioether (sulfide) groups is 1. The van der Waals surface area contributed by atoms with Gasteiger partial charge in [0.25, 0.3) is 17.7 Å². The van der Waals surface area contributed by atoms with Crippen LogP contribution in [-0.2, 0) is 19.2 Å². The molecule has 3 aliphatic rings. The number of hydrogen-bond acceptors (Lipinski definition) is 11. The fourth-order valence-electron chi connectivity index (χ4n) is 6.04. The van der Waals surface area contributed by atoms with Crippen LogP contribution in [0.1, 0.15) is 35.3 Å². The van der Waals surface area contributed by atoms with Gasteiger partial charge in [-0.3, -0.25) is 24.1 Å². The molecule has 0 saturated carbocycles. The minimum atomic E-state index is -1.27. The molecule has 3 aliphatic heterocycles. The van der Waals surface area contributed by atoms with Gasteiger partial charge < -0.3 is 41.3 Å². The lowest BCUT2D eigenvalue weighted by molar-refractivity contribution is -0.911. The van der Waals surface area contributed by atoms with Crippen molar-refractivity contribution in [2.75, 3.05) is 44.2 Å². The average molecular weight is 708 g/mol. The van der Waals surface area contributed by atoms with Crippen LogP contribution in [0.4, 0.5) is 5.13 Å². The SMILES string of the molecule is Nc1nc(/C(=C\CC(=O)O)C(=O)N[C@@H]2C(=O)N3C(C(=O)O)=C(C[N+]4(CCNC(=O)c5ccc(O)c(O)c5Cl)CCCC4)CS[C@H]23)cs1. The Morgan fingerprint density at radius 3 is 2.53 bits per heavy atom. The van der Waals surface area contributed by atoms with Gasteiger partial charge in [-0.25, -0.2) is 9.78 Å². The number of hydrogen-bond donors (Lipinski definition) is 7. The standard InChI is InChI=1S/C29H31ClN6O9S2/c30-20-16(3-5-18(37)23(20)40)24(41)32-7-10-36(8-1-2-9-36)11-14-12-46-27-21(26(43)35(27)22(14)28(44)45)34-25(42)15(4-6-19(38)39)17-13-47-29(31)33-17/h3-5,13,21,27H,1-2,6-12H2,(H7-,31,32,33,34,37,38,39,40,41,42,44,45)/p+1/b15-4+/t21-,27-/m1/s1.